The summed E-state index contributed by atoms with van der Waals surface area (Å²) < 4.78 is 7.69. The van der Waals surface area contributed by atoms with Gasteiger partial charge in [-0.1, -0.05) is 0 Å². The Balaban J connectivity index is 1.52. The second-order valence-corrected chi connectivity index (χ2v) is 7.43. The maximum absolute atomic E-state index is 12.9. The van der Waals surface area contributed by atoms with Crippen molar-refractivity contribution in [2.24, 2.45) is 0 Å². The molecule has 0 saturated carbocycles. The Morgan fingerprint density at radius 3 is 3.17 bits per heavy atom. The molecule has 6 heteroatoms. The lowest BCUT2D eigenvalue weighted by molar-refractivity contribution is 0.0683. The topological polar surface area (TPSA) is 47.4 Å². The van der Waals surface area contributed by atoms with E-state index >= 15 is 0 Å². The van der Waals surface area contributed by atoms with Gasteiger partial charge in [-0.25, -0.2) is 4.98 Å². The molecule has 2 aliphatic rings. The fraction of sp³-hybridized carbons (Fsp3) is 0.529. The highest BCUT2D eigenvalue weighted by Crippen LogP contribution is 2.30. The van der Waals surface area contributed by atoms with Crippen LogP contribution < -0.4 is 0 Å². The van der Waals surface area contributed by atoms with Gasteiger partial charge < -0.3 is 14.2 Å². The standard InChI is InChI=1S/C17H21N3O2S/c1-12-18-5-7-20(12)14-3-2-6-19(10-14)17(21)16-9-13-11-22-8-4-15(13)23-16/h5,7,9,14H,2-4,6,8,10-11H2,1H3/t14-/m1/s1. The molecule has 1 fully saturated rings. The molecule has 2 aromatic heterocycles. The zero-order valence-electron chi connectivity index (χ0n) is 13.3. The molecule has 2 aromatic rings. The summed E-state index contributed by atoms with van der Waals surface area (Å²) in [6.45, 7) is 5.06. The van der Waals surface area contributed by atoms with Crippen LogP contribution in [0, 0.1) is 6.92 Å². The molecule has 122 valence electrons. The number of carbonyl (C=O) groups excluding carboxylic acids is 1. The summed E-state index contributed by atoms with van der Waals surface area (Å²) in [5.41, 5.74) is 1.20. The Labute approximate surface area is 139 Å². The monoisotopic (exact) mass is 331 g/mol. The van der Waals surface area contributed by atoms with Crippen LogP contribution in [0.4, 0.5) is 0 Å². The molecule has 5 nitrogen and oxygen atoms in total. The van der Waals surface area contributed by atoms with Crippen molar-refractivity contribution in [3.05, 3.63) is 39.6 Å². The smallest absolute Gasteiger partial charge is 0.264 e. The first-order chi connectivity index (χ1) is 11.2. The molecule has 23 heavy (non-hydrogen) atoms. The quantitative estimate of drug-likeness (QED) is 0.850. The van der Waals surface area contributed by atoms with Crippen molar-refractivity contribution in [1.29, 1.82) is 0 Å². The van der Waals surface area contributed by atoms with E-state index in [4.69, 9.17) is 4.74 Å². The van der Waals surface area contributed by atoms with Gasteiger partial charge in [-0.3, -0.25) is 4.79 Å². The number of nitrogens with zero attached hydrogens (tertiary/aromatic N) is 3. The molecule has 0 unspecified atom stereocenters. The molecule has 2 aliphatic heterocycles. The molecule has 0 aromatic carbocycles. The maximum Gasteiger partial charge on any atom is 0.264 e. The van der Waals surface area contributed by atoms with Crippen LogP contribution in [0.3, 0.4) is 0 Å². The fourth-order valence-electron chi connectivity index (χ4n) is 3.55. The molecular weight excluding hydrogens is 310 g/mol. The minimum Gasteiger partial charge on any atom is -0.376 e. The van der Waals surface area contributed by atoms with E-state index in [2.05, 4.69) is 9.55 Å². The van der Waals surface area contributed by atoms with Crippen molar-refractivity contribution in [2.75, 3.05) is 19.7 Å². The van der Waals surface area contributed by atoms with Crippen LogP contribution in [0.25, 0.3) is 0 Å². The second kappa shape index (κ2) is 6.09. The SMILES string of the molecule is Cc1nccn1[C@@H]1CCCN(C(=O)c2cc3c(s2)CCOC3)C1. The number of imidazole rings is 1. The van der Waals surface area contributed by atoms with Crippen LogP contribution in [-0.4, -0.2) is 40.1 Å². The first kappa shape index (κ1) is 14.9. The van der Waals surface area contributed by atoms with Gasteiger partial charge in [-0.2, -0.15) is 0 Å². The summed E-state index contributed by atoms with van der Waals surface area (Å²) in [6.07, 6.45) is 6.95. The maximum atomic E-state index is 12.9. The minimum atomic E-state index is 0.173. The Morgan fingerprint density at radius 2 is 2.39 bits per heavy atom. The third-order valence-corrected chi connectivity index (χ3v) is 6.00. The largest absolute Gasteiger partial charge is 0.376 e. The van der Waals surface area contributed by atoms with Crippen LogP contribution in [0.2, 0.25) is 0 Å². The lowest BCUT2D eigenvalue weighted by atomic mass is 10.0. The Bertz CT molecular complexity index is 698. The number of hydrogen-bond donors (Lipinski definition) is 0. The predicted octanol–water partition coefficient (Wildman–Crippen LogP) is 2.80. The lowest BCUT2D eigenvalue weighted by Gasteiger charge is -2.33. The molecule has 0 radical (unpaired) electrons. The number of aromatic nitrogens is 2. The molecule has 0 N–H and O–H groups in total. The van der Waals surface area contributed by atoms with E-state index < -0.39 is 0 Å². The molecule has 0 spiro atoms. The highest BCUT2D eigenvalue weighted by molar-refractivity contribution is 7.14. The average Bonchev–Trinajstić information content (AvgIpc) is 3.20. The van der Waals surface area contributed by atoms with Gasteiger partial charge in [0.1, 0.15) is 5.82 Å². The lowest BCUT2D eigenvalue weighted by Crippen LogP contribution is -2.40. The van der Waals surface area contributed by atoms with Gasteiger partial charge in [-0.05, 0) is 31.4 Å². The van der Waals surface area contributed by atoms with Gasteiger partial charge in [0.2, 0.25) is 0 Å². The number of piperidine rings is 1. The third kappa shape index (κ3) is 2.81. The highest BCUT2D eigenvalue weighted by Gasteiger charge is 2.28. The van der Waals surface area contributed by atoms with E-state index in [1.54, 1.807) is 11.3 Å². The minimum absolute atomic E-state index is 0.173. The molecule has 0 bridgehead atoms. The first-order valence-corrected chi connectivity index (χ1v) is 9.02. The molecular formula is C17H21N3O2S. The number of fused-ring (bicyclic) bond motifs is 1. The van der Waals surface area contributed by atoms with Crippen LogP contribution in [0.1, 0.15) is 44.8 Å². The molecule has 1 amide bonds. The van der Waals surface area contributed by atoms with E-state index in [1.165, 1.54) is 10.4 Å². The molecule has 0 aliphatic carbocycles. The highest BCUT2D eigenvalue weighted by atomic mass is 32.1. The van der Waals surface area contributed by atoms with Gasteiger partial charge in [0.25, 0.3) is 5.91 Å². The summed E-state index contributed by atoms with van der Waals surface area (Å²) in [4.78, 5) is 21.4. The van der Waals surface area contributed by atoms with Gasteiger partial charge >= 0.3 is 0 Å². The number of ether oxygens (including phenoxy) is 1. The van der Waals surface area contributed by atoms with Crippen LogP contribution in [0.15, 0.2) is 18.5 Å². The van der Waals surface area contributed by atoms with E-state index in [0.29, 0.717) is 12.6 Å². The van der Waals surface area contributed by atoms with Crippen LogP contribution in [0.5, 0.6) is 0 Å². The van der Waals surface area contributed by atoms with Crippen molar-refractivity contribution in [2.45, 2.75) is 38.8 Å². The van der Waals surface area contributed by atoms with Crippen molar-refractivity contribution in [1.82, 2.24) is 14.5 Å². The summed E-state index contributed by atoms with van der Waals surface area (Å²) in [5, 5.41) is 0. The Hall–Kier alpha value is -1.66. The van der Waals surface area contributed by atoms with Crippen molar-refractivity contribution in [3.8, 4) is 0 Å². The summed E-state index contributed by atoms with van der Waals surface area (Å²) in [6, 6.07) is 2.38. The number of hydrogen-bond acceptors (Lipinski definition) is 4. The van der Waals surface area contributed by atoms with Crippen LogP contribution >= 0.6 is 11.3 Å². The molecule has 1 atom stereocenters. The van der Waals surface area contributed by atoms with E-state index in [1.807, 2.05) is 30.3 Å². The Kier molecular flexibility index (Phi) is 3.95. The van der Waals surface area contributed by atoms with Crippen LogP contribution in [-0.2, 0) is 17.8 Å². The Morgan fingerprint density at radius 1 is 1.48 bits per heavy atom. The van der Waals surface area contributed by atoms with Gasteiger partial charge in [0.15, 0.2) is 0 Å². The third-order valence-electron chi connectivity index (χ3n) is 4.78. The summed E-state index contributed by atoms with van der Waals surface area (Å²) in [7, 11) is 0. The van der Waals surface area contributed by atoms with E-state index in [-0.39, 0.29) is 5.91 Å². The number of carbonyl (C=O) groups is 1. The fourth-order valence-corrected chi connectivity index (χ4v) is 4.67. The number of thiophene rings is 1. The number of likely N-dealkylation sites (tertiary alicyclic amines) is 1. The van der Waals surface area contributed by atoms with Gasteiger partial charge in [-0.15, -0.1) is 11.3 Å². The molecule has 4 heterocycles. The normalized spacial score (nSPS) is 21.3. The van der Waals surface area contributed by atoms with E-state index in [0.717, 1.165) is 49.7 Å². The zero-order valence-corrected chi connectivity index (χ0v) is 14.1. The first-order valence-electron chi connectivity index (χ1n) is 8.20. The van der Waals surface area contributed by atoms with Crippen molar-refractivity contribution < 1.29 is 9.53 Å². The molecule has 4 rings (SSSR count). The van der Waals surface area contributed by atoms with Crippen molar-refractivity contribution in [3.63, 3.8) is 0 Å². The number of aryl methyl sites for hydroxylation is 1. The van der Waals surface area contributed by atoms with Gasteiger partial charge in [0.05, 0.1) is 24.1 Å². The predicted molar refractivity (Wildman–Crippen MR) is 88.8 cm³/mol. The van der Waals surface area contributed by atoms with Crippen molar-refractivity contribution >= 4 is 17.2 Å². The number of amides is 1. The average molecular weight is 331 g/mol. The summed E-state index contributed by atoms with van der Waals surface area (Å²) in [5.74, 6) is 1.19. The molecule has 1 saturated heterocycles. The summed E-state index contributed by atoms with van der Waals surface area (Å²) >= 11 is 1.65. The van der Waals surface area contributed by atoms with Gasteiger partial charge in [0, 0.05) is 36.8 Å². The zero-order chi connectivity index (χ0) is 15.8. The second-order valence-electron chi connectivity index (χ2n) is 6.29. The number of rotatable bonds is 2. The van der Waals surface area contributed by atoms with E-state index in [9.17, 15) is 4.79 Å².